The van der Waals surface area contributed by atoms with E-state index in [0.29, 0.717) is 6.54 Å². The summed E-state index contributed by atoms with van der Waals surface area (Å²) in [5.41, 5.74) is 1.36. The second-order valence-corrected chi connectivity index (χ2v) is 5.81. The Labute approximate surface area is 111 Å². The maximum absolute atomic E-state index is 12.7. The van der Waals surface area contributed by atoms with Gasteiger partial charge in [0.25, 0.3) is 5.92 Å². The zero-order chi connectivity index (χ0) is 13.2. The molecule has 5 heteroatoms. The zero-order valence-corrected chi connectivity index (χ0v) is 11.7. The first kappa shape index (κ1) is 13.9. The second kappa shape index (κ2) is 5.63. The summed E-state index contributed by atoms with van der Waals surface area (Å²) >= 11 is 1.79. The Morgan fingerprint density at radius 3 is 2.72 bits per heavy atom. The fourth-order valence-corrected chi connectivity index (χ4v) is 3.56. The smallest absolute Gasteiger partial charge is 0.272 e. The van der Waals surface area contributed by atoms with Crippen LogP contribution in [0.25, 0.3) is 0 Å². The summed E-state index contributed by atoms with van der Waals surface area (Å²) in [7, 11) is 0. The Morgan fingerprint density at radius 1 is 1.39 bits per heavy atom. The first-order valence-corrected chi connectivity index (χ1v) is 7.35. The van der Waals surface area contributed by atoms with Crippen molar-refractivity contribution in [3.05, 3.63) is 21.4 Å². The lowest BCUT2D eigenvalue weighted by atomic mass is 10.1. The molecule has 0 aromatic carbocycles. The Balaban J connectivity index is 0.000000574. The SMILES string of the molecule is CC.FC1(F)CN(Cc2cc3c(s2)CCNC3)C1. The third kappa shape index (κ3) is 3.08. The van der Waals surface area contributed by atoms with Crippen molar-refractivity contribution in [2.75, 3.05) is 19.6 Å². The van der Waals surface area contributed by atoms with Gasteiger partial charge in [-0.15, -0.1) is 11.3 Å². The summed E-state index contributed by atoms with van der Waals surface area (Å²) in [6.45, 7) is 6.51. The molecule has 0 aliphatic carbocycles. The van der Waals surface area contributed by atoms with Crippen molar-refractivity contribution in [2.24, 2.45) is 0 Å². The lowest BCUT2D eigenvalue weighted by molar-refractivity contribution is -0.133. The maximum atomic E-state index is 12.7. The molecule has 2 aliphatic rings. The quantitative estimate of drug-likeness (QED) is 0.892. The number of nitrogens with zero attached hydrogens (tertiary/aromatic N) is 1. The van der Waals surface area contributed by atoms with Gasteiger partial charge in [0.15, 0.2) is 0 Å². The second-order valence-electron chi connectivity index (χ2n) is 4.59. The molecule has 0 saturated carbocycles. The van der Waals surface area contributed by atoms with Crippen molar-refractivity contribution in [3.63, 3.8) is 0 Å². The molecular formula is C13H20F2N2S. The van der Waals surface area contributed by atoms with Crippen molar-refractivity contribution >= 4 is 11.3 Å². The number of fused-ring (bicyclic) bond motifs is 1. The van der Waals surface area contributed by atoms with Gasteiger partial charge in [0.05, 0.1) is 13.1 Å². The van der Waals surface area contributed by atoms with E-state index >= 15 is 0 Å². The van der Waals surface area contributed by atoms with E-state index in [4.69, 9.17) is 0 Å². The molecular weight excluding hydrogens is 254 g/mol. The van der Waals surface area contributed by atoms with Gasteiger partial charge in [-0.05, 0) is 18.1 Å². The van der Waals surface area contributed by atoms with Crippen molar-refractivity contribution in [1.82, 2.24) is 10.2 Å². The van der Waals surface area contributed by atoms with Crippen LogP contribution in [0, 0.1) is 0 Å². The van der Waals surface area contributed by atoms with Gasteiger partial charge in [0, 0.05) is 29.4 Å². The van der Waals surface area contributed by atoms with Gasteiger partial charge in [0.1, 0.15) is 0 Å². The molecule has 3 rings (SSSR count). The largest absolute Gasteiger partial charge is 0.312 e. The third-order valence-electron chi connectivity index (χ3n) is 3.08. The summed E-state index contributed by atoms with van der Waals surface area (Å²) in [6, 6.07) is 2.17. The zero-order valence-electron chi connectivity index (χ0n) is 10.9. The Morgan fingerprint density at radius 2 is 2.11 bits per heavy atom. The number of likely N-dealkylation sites (tertiary alicyclic amines) is 1. The van der Waals surface area contributed by atoms with Gasteiger partial charge in [-0.25, -0.2) is 8.78 Å². The van der Waals surface area contributed by atoms with E-state index < -0.39 is 5.92 Å². The van der Waals surface area contributed by atoms with E-state index in [1.54, 1.807) is 11.3 Å². The minimum atomic E-state index is -2.45. The molecule has 0 amide bonds. The maximum Gasteiger partial charge on any atom is 0.272 e. The highest BCUT2D eigenvalue weighted by Crippen LogP contribution is 2.31. The van der Waals surface area contributed by atoms with Gasteiger partial charge in [0.2, 0.25) is 0 Å². The first-order valence-electron chi connectivity index (χ1n) is 6.54. The van der Waals surface area contributed by atoms with Gasteiger partial charge < -0.3 is 5.32 Å². The Kier molecular flexibility index (Phi) is 4.35. The molecule has 0 bridgehead atoms. The molecule has 2 nitrogen and oxygen atoms in total. The molecule has 0 radical (unpaired) electrons. The molecule has 3 heterocycles. The summed E-state index contributed by atoms with van der Waals surface area (Å²) < 4.78 is 25.3. The van der Waals surface area contributed by atoms with Crippen LogP contribution in [0.5, 0.6) is 0 Å². The Bertz CT molecular complexity index is 372. The number of hydrogen-bond donors (Lipinski definition) is 1. The molecule has 102 valence electrons. The summed E-state index contributed by atoms with van der Waals surface area (Å²) in [4.78, 5) is 4.47. The van der Waals surface area contributed by atoms with Crippen LogP contribution in [0.4, 0.5) is 8.78 Å². The standard InChI is InChI=1S/C11H14F2N2S.C2H6/c12-11(13)6-15(7-11)5-9-3-8-4-14-2-1-10(8)16-9;1-2/h3,14H,1-2,4-7H2;1-2H3. The van der Waals surface area contributed by atoms with E-state index in [-0.39, 0.29) is 13.1 Å². The van der Waals surface area contributed by atoms with Gasteiger partial charge >= 0.3 is 0 Å². The van der Waals surface area contributed by atoms with E-state index in [2.05, 4.69) is 11.4 Å². The molecule has 0 atom stereocenters. The van der Waals surface area contributed by atoms with Crippen LogP contribution in [0.15, 0.2) is 6.07 Å². The fourth-order valence-electron chi connectivity index (χ4n) is 2.33. The topological polar surface area (TPSA) is 15.3 Å². The van der Waals surface area contributed by atoms with Gasteiger partial charge in [-0.3, -0.25) is 4.90 Å². The van der Waals surface area contributed by atoms with Crippen LogP contribution in [-0.4, -0.2) is 30.5 Å². The average Bonchev–Trinajstić information content (AvgIpc) is 2.71. The van der Waals surface area contributed by atoms with Gasteiger partial charge in [-0.1, -0.05) is 13.8 Å². The third-order valence-corrected chi connectivity index (χ3v) is 4.30. The minimum Gasteiger partial charge on any atom is -0.312 e. The van der Waals surface area contributed by atoms with E-state index in [1.807, 2.05) is 18.7 Å². The van der Waals surface area contributed by atoms with Crippen LogP contribution in [-0.2, 0) is 19.5 Å². The number of halogens is 2. The molecule has 1 saturated heterocycles. The van der Waals surface area contributed by atoms with E-state index in [1.165, 1.54) is 15.3 Å². The highest BCUT2D eigenvalue weighted by Gasteiger charge is 2.43. The number of alkyl halides is 2. The van der Waals surface area contributed by atoms with Gasteiger partial charge in [-0.2, -0.15) is 0 Å². The molecule has 0 unspecified atom stereocenters. The van der Waals surface area contributed by atoms with Crippen molar-refractivity contribution < 1.29 is 8.78 Å². The number of nitrogens with one attached hydrogen (secondary N) is 1. The number of rotatable bonds is 2. The summed E-state index contributed by atoms with van der Waals surface area (Å²) in [5.74, 6) is -2.45. The molecule has 0 spiro atoms. The summed E-state index contributed by atoms with van der Waals surface area (Å²) in [6.07, 6.45) is 1.08. The van der Waals surface area contributed by atoms with Crippen LogP contribution in [0.3, 0.4) is 0 Å². The number of hydrogen-bond acceptors (Lipinski definition) is 3. The average molecular weight is 274 g/mol. The van der Waals surface area contributed by atoms with Crippen LogP contribution < -0.4 is 5.32 Å². The van der Waals surface area contributed by atoms with E-state index in [0.717, 1.165) is 19.5 Å². The van der Waals surface area contributed by atoms with Crippen molar-refractivity contribution in [3.8, 4) is 0 Å². The molecule has 1 aromatic rings. The minimum absolute atomic E-state index is 0.0756. The highest BCUT2D eigenvalue weighted by molar-refractivity contribution is 7.12. The summed E-state index contributed by atoms with van der Waals surface area (Å²) in [5, 5.41) is 3.32. The number of thiophene rings is 1. The monoisotopic (exact) mass is 274 g/mol. The molecule has 1 fully saturated rings. The van der Waals surface area contributed by atoms with Crippen molar-refractivity contribution in [2.45, 2.75) is 39.3 Å². The molecule has 1 aromatic heterocycles. The first-order chi connectivity index (χ1) is 8.62. The van der Waals surface area contributed by atoms with Crippen molar-refractivity contribution in [1.29, 1.82) is 0 Å². The van der Waals surface area contributed by atoms with Crippen LogP contribution in [0.1, 0.15) is 29.2 Å². The van der Waals surface area contributed by atoms with Crippen LogP contribution >= 0.6 is 11.3 Å². The predicted molar refractivity (Wildman–Crippen MR) is 71.3 cm³/mol. The molecule has 2 aliphatic heterocycles. The predicted octanol–water partition coefficient (Wildman–Crippen LogP) is 2.87. The van der Waals surface area contributed by atoms with E-state index in [9.17, 15) is 8.78 Å². The lowest BCUT2D eigenvalue weighted by Gasteiger charge is -2.38. The highest BCUT2D eigenvalue weighted by atomic mass is 32.1. The normalized spacial score (nSPS) is 21.6. The van der Waals surface area contributed by atoms with Crippen LogP contribution in [0.2, 0.25) is 0 Å². The lowest BCUT2D eigenvalue weighted by Crippen LogP contribution is -2.55. The Hall–Kier alpha value is -0.520. The molecule has 1 N–H and O–H groups in total. The fraction of sp³-hybridized carbons (Fsp3) is 0.692. The molecule has 18 heavy (non-hydrogen) atoms.